The van der Waals surface area contributed by atoms with E-state index in [1.807, 2.05) is 0 Å². The number of carboxylic acid groups (broad SMARTS) is 2. The lowest BCUT2D eigenvalue weighted by atomic mass is 9.67. The van der Waals surface area contributed by atoms with Gasteiger partial charge in [0.25, 0.3) is 0 Å². The van der Waals surface area contributed by atoms with Crippen molar-refractivity contribution in [1.82, 2.24) is 0 Å². The predicted molar refractivity (Wildman–Crippen MR) is 60.8 cm³/mol. The number of carboxylic acids is 2. The van der Waals surface area contributed by atoms with Crippen LogP contribution in [0.2, 0.25) is 0 Å². The van der Waals surface area contributed by atoms with Crippen LogP contribution in [0.4, 0.5) is 0 Å². The summed E-state index contributed by atoms with van der Waals surface area (Å²) >= 11 is 0. The number of rotatable bonds is 4. The van der Waals surface area contributed by atoms with Crippen molar-refractivity contribution in [1.29, 1.82) is 0 Å². The van der Waals surface area contributed by atoms with E-state index < -0.39 is 28.9 Å². The summed E-state index contributed by atoms with van der Waals surface area (Å²) in [6.07, 6.45) is 3.89. The highest BCUT2D eigenvalue weighted by Gasteiger charge is 2.61. The van der Waals surface area contributed by atoms with Crippen LogP contribution in [0.3, 0.4) is 0 Å². The van der Waals surface area contributed by atoms with Gasteiger partial charge >= 0.3 is 17.9 Å². The molecule has 2 atom stereocenters. The largest absolute Gasteiger partial charge is 0.481 e. The van der Waals surface area contributed by atoms with Gasteiger partial charge in [0.2, 0.25) is 5.60 Å². The van der Waals surface area contributed by atoms with Crippen LogP contribution in [0.15, 0.2) is 24.8 Å². The van der Waals surface area contributed by atoms with Gasteiger partial charge in [-0.1, -0.05) is 12.7 Å². The van der Waals surface area contributed by atoms with Crippen molar-refractivity contribution >= 4 is 17.9 Å². The Labute approximate surface area is 104 Å². The molecule has 0 saturated carbocycles. The lowest BCUT2D eigenvalue weighted by Crippen LogP contribution is -2.59. The monoisotopic (exact) mass is 254 g/mol. The number of carbonyl (C=O) groups is 3. The summed E-state index contributed by atoms with van der Waals surface area (Å²) in [7, 11) is 0. The summed E-state index contributed by atoms with van der Waals surface area (Å²) < 4.78 is 4.84. The van der Waals surface area contributed by atoms with Crippen LogP contribution in [0, 0.1) is 5.41 Å². The molecule has 1 aliphatic carbocycles. The maximum absolute atomic E-state index is 11.4. The number of esters is 1. The van der Waals surface area contributed by atoms with Gasteiger partial charge in [-0.2, -0.15) is 0 Å². The van der Waals surface area contributed by atoms with E-state index in [-0.39, 0.29) is 6.42 Å². The molecule has 0 aromatic rings. The second-order valence-electron chi connectivity index (χ2n) is 4.24. The van der Waals surface area contributed by atoms with Crippen molar-refractivity contribution in [2.75, 3.05) is 0 Å². The predicted octanol–water partition coefficient (Wildman–Crippen LogP) is 0.980. The van der Waals surface area contributed by atoms with E-state index in [0.717, 1.165) is 12.2 Å². The van der Waals surface area contributed by atoms with Crippen molar-refractivity contribution in [2.24, 2.45) is 5.41 Å². The van der Waals surface area contributed by atoms with E-state index in [1.54, 1.807) is 0 Å². The maximum Gasteiger partial charge on any atom is 0.353 e. The summed E-state index contributed by atoms with van der Waals surface area (Å²) in [6.45, 7) is 4.42. The topological polar surface area (TPSA) is 101 Å². The Morgan fingerprint density at radius 2 is 1.94 bits per heavy atom. The van der Waals surface area contributed by atoms with Gasteiger partial charge in [-0.3, -0.25) is 4.79 Å². The van der Waals surface area contributed by atoms with E-state index >= 15 is 0 Å². The van der Waals surface area contributed by atoms with E-state index in [1.165, 1.54) is 13.0 Å². The fourth-order valence-electron chi connectivity index (χ4n) is 1.95. The molecule has 0 heterocycles. The molecule has 0 aromatic heterocycles. The fourth-order valence-corrected chi connectivity index (χ4v) is 1.95. The van der Waals surface area contributed by atoms with E-state index in [9.17, 15) is 24.6 Å². The second kappa shape index (κ2) is 4.64. The highest BCUT2D eigenvalue weighted by atomic mass is 16.6. The molecule has 0 saturated heterocycles. The van der Waals surface area contributed by atoms with Crippen molar-refractivity contribution in [2.45, 2.75) is 25.4 Å². The molecule has 98 valence electrons. The Hall–Kier alpha value is -2.11. The minimum atomic E-state index is -2.21. The van der Waals surface area contributed by atoms with Crippen LogP contribution < -0.4 is 0 Å². The first kappa shape index (κ1) is 14.0. The molecule has 1 rings (SSSR count). The van der Waals surface area contributed by atoms with E-state index in [2.05, 4.69) is 6.58 Å². The van der Waals surface area contributed by atoms with Gasteiger partial charge in [-0.15, -0.1) is 0 Å². The third-order valence-corrected chi connectivity index (χ3v) is 3.20. The summed E-state index contributed by atoms with van der Waals surface area (Å²) in [4.78, 5) is 34.0. The van der Waals surface area contributed by atoms with Crippen molar-refractivity contribution in [3.63, 3.8) is 0 Å². The van der Waals surface area contributed by atoms with Crippen LogP contribution in [-0.2, 0) is 19.1 Å². The number of aliphatic carboxylic acids is 2. The molecule has 2 unspecified atom stereocenters. The SMILES string of the molecule is C=CC(=O)OC1(C(=O)O)C=CCCC1(C)C(=O)O. The average Bonchev–Trinajstić information content (AvgIpc) is 2.31. The third kappa shape index (κ3) is 1.90. The van der Waals surface area contributed by atoms with Crippen molar-refractivity contribution in [3.8, 4) is 0 Å². The number of hydrogen-bond acceptors (Lipinski definition) is 4. The van der Waals surface area contributed by atoms with Crippen LogP contribution in [-0.4, -0.2) is 33.7 Å². The van der Waals surface area contributed by atoms with Gasteiger partial charge < -0.3 is 14.9 Å². The van der Waals surface area contributed by atoms with Crippen molar-refractivity contribution in [3.05, 3.63) is 24.8 Å². The first-order valence-corrected chi connectivity index (χ1v) is 5.30. The van der Waals surface area contributed by atoms with Gasteiger partial charge in [-0.25, -0.2) is 9.59 Å². The number of allylic oxidation sites excluding steroid dienone is 1. The quantitative estimate of drug-likeness (QED) is 0.440. The lowest BCUT2D eigenvalue weighted by molar-refractivity contribution is -0.193. The summed E-state index contributed by atoms with van der Waals surface area (Å²) in [6, 6.07) is 0. The molecule has 0 fully saturated rings. The van der Waals surface area contributed by atoms with Crippen LogP contribution in [0.25, 0.3) is 0 Å². The van der Waals surface area contributed by atoms with Crippen molar-refractivity contribution < 1.29 is 29.3 Å². The number of ether oxygens (including phenoxy) is 1. The molecule has 0 aromatic carbocycles. The third-order valence-electron chi connectivity index (χ3n) is 3.20. The minimum Gasteiger partial charge on any atom is -0.481 e. The smallest absolute Gasteiger partial charge is 0.353 e. The molecule has 6 heteroatoms. The second-order valence-corrected chi connectivity index (χ2v) is 4.24. The summed E-state index contributed by atoms with van der Waals surface area (Å²) in [5.41, 5.74) is -3.92. The van der Waals surface area contributed by atoms with E-state index in [0.29, 0.717) is 6.42 Å². The molecule has 18 heavy (non-hydrogen) atoms. The Morgan fingerprint density at radius 1 is 1.33 bits per heavy atom. The zero-order chi connectivity index (χ0) is 14.0. The molecule has 1 aliphatic rings. The summed E-state index contributed by atoms with van der Waals surface area (Å²) in [5.74, 6) is -3.82. The normalized spacial score (nSPS) is 30.5. The van der Waals surface area contributed by atoms with Crippen LogP contribution in [0.5, 0.6) is 0 Å². The highest BCUT2D eigenvalue weighted by Crippen LogP contribution is 2.44. The van der Waals surface area contributed by atoms with Gasteiger partial charge in [-0.05, 0) is 25.8 Å². The zero-order valence-electron chi connectivity index (χ0n) is 9.88. The van der Waals surface area contributed by atoms with Gasteiger partial charge in [0.05, 0.1) is 0 Å². The molecule has 6 nitrogen and oxygen atoms in total. The fraction of sp³-hybridized carbons (Fsp3) is 0.417. The maximum atomic E-state index is 11.4. The van der Waals surface area contributed by atoms with Crippen LogP contribution >= 0.6 is 0 Å². The lowest BCUT2D eigenvalue weighted by Gasteiger charge is -2.41. The van der Waals surface area contributed by atoms with E-state index in [4.69, 9.17) is 4.74 Å². The molecule has 2 N–H and O–H groups in total. The molecular weight excluding hydrogens is 240 g/mol. The Bertz CT molecular complexity index is 438. The number of hydrogen-bond donors (Lipinski definition) is 2. The molecule has 0 radical (unpaired) electrons. The first-order chi connectivity index (χ1) is 8.30. The Kier molecular flexibility index (Phi) is 3.59. The molecule has 0 spiro atoms. The molecular formula is C12H14O6. The molecule has 0 amide bonds. The summed E-state index contributed by atoms with van der Waals surface area (Å²) in [5, 5.41) is 18.5. The minimum absolute atomic E-state index is 0.0650. The van der Waals surface area contributed by atoms with Gasteiger partial charge in [0.1, 0.15) is 5.41 Å². The Morgan fingerprint density at radius 3 is 2.39 bits per heavy atom. The number of carbonyl (C=O) groups excluding carboxylic acids is 1. The molecule has 0 aliphatic heterocycles. The van der Waals surface area contributed by atoms with Crippen LogP contribution in [0.1, 0.15) is 19.8 Å². The van der Waals surface area contributed by atoms with Gasteiger partial charge in [0.15, 0.2) is 0 Å². The standard InChI is InChI=1S/C12H14O6/c1-3-8(13)18-12(10(16)17)7-5-4-6-11(12,2)9(14)15/h3,5,7H,1,4,6H2,2H3,(H,14,15)(H,16,17). The Balaban J connectivity index is 3.37. The van der Waals surface area contributed by atoms with Gasteiger partial charge in [0, 0.05) is 6.08 Å². The highest BCUT2D eigenvalue weighted by molar-refractivity contribution is 5.94. The average molecular weight is 254 g/mol. The molecule has 0 bridgehead atoms. The first-order valence-electron chi connectivity index (χ1n) is 5.30. The zero-order valence-corrected chi connectivity index (χ0v) is 9.88.